The summed E-state index contributed by atoms with van der Waals surface area (Å²) in [4.78, 5) is 10.6. The first kappa shape index (κ1) is 4.99. The van der Waals surface area contributed by atoms with Crippen molar-refractivity contribution in [2.24, 2.45) is 0 Å². The summed E-state index contributed by atoms with van der Waals surface area (Å²) in [6, 6.07) is 0. The number of nitrogens with zero attached hydrogens (tertiary/aromatic N) is 2. The van der Waals surface area contributed by atoms with E-state index in [0.29, 0.717) is 0 Å². The van der Waals surface area contributed by atoms with Gasteiger partial charge in [0.1, 0.15) is 0 Å². The van der Waals surface area contributed by atoms with Crippen molar-refractivity contribution in [3.63, 3.8) is 0 Å². The second kappa shape index (κ2) is 2.23. The van der Waals surface area contributed by atoms with Crippen LogP contribution in [0, 0.1) is 0 Å². The van der Waals surface area contributed by atoms with Crippen LogP contribution >= 0.6 is 0 Å². The van der Waals surface area contributed by atoms with Crippen molar-refractivity contribution in [3.05, 3.63) is 18.6 Å². The zero-order chi connectivity index (χ0) is 5.82. The molecule has 1 heterocycles. The Morgan fingerprint density at radius 1 is 1.50 bits per heavy atom. The van der Waals surface area contributed by atoms with Crippen LogP contribution in [0.25, 0.3) is 0 Å². The van der Waals surface area contributed by atoms with E-state index in [0.717, 1.165) is 0 Å². The van der Waals surface area contributed by atoms with E-state index in [9.17, 15) is 5.26 Å². The van der Waals surface area contributed by atoms with Crippen LogP contribution in [0.15, 0.2) is 18.6 Å². The van der Waals surface area contributed by atoms with E-state index < -0.39 is 0 Å². The molecule has 0 bridgehead atoms. The molecule has 41 valence electrons. The molecule has 8 heavy (non-hydrogen) atoms. The number of hydrogen-bond acceptors (Lipinski definition) is 3. The Morgan fingerprint density at radius 2 is 2.38 bits per heavy atom. The monoisotopic (exact) mass is 111 g/mol. The Bertz CT molecular complexity index is 153. The topological polar surface area (TPSA) is 54.9 Å². The molecule has 1 aromatic rings. The zero-order valence-corrected chi connectivity index (χ0v) is 3.94. The molecule has 1 radical (unpaired) electrons. The molecular weight excluding hydrogens is 108 g/mol. The Balaban J connectivity index is 2.83. The van der Waals surface area contributed by atoms with Gasteiger partial charge in [0.05, 0.1) is 6.20 Å². The summed E-state index contributed by atoms with van der Waals surface area (Å²) in [6.45, 7) is 0. The van der Waals surface area contributed by atoms with E-state index in [1.807, 2.05) is 0 Å². The second-order valence-corrected chi connectivity index (χ2v) is 1.13. The predicted octanol–water partition coefficient (Wildman–Crippen LogP) is 0.201. The fourth-order valence-electron chi connectivity index (χ4n) is 0.328. The largest absolute Gasteiger partial charge is 0.283 e. The van der Waals surface area contributed by atoms with Gasteiger partial charge in [-0.15, -0.1) is 0 Å². The summed E-state index contributed by atoms with van der Waals surface area (Å²) in [6.07, 6.45) is 4.09. The molecule has 4 nitrogen and oxygen atoms in total. The van der Waals surface area contributed by atoms with Gasteiger partial charge in [0.15, 0.2) is 0 Å². The third kappa shape index (κ3) is 0.913. The standard InChI is InChI=1S/C4H3N2O2/c7-8-4-3-5-1-2-6-4/h1-3H. The van der Waals surface area contributed by atoms with Crippen molar-refractivity contribution in [2.45, 2.75) is 0 Å². The first-order valence-electron chi connectivity index (χ1n) is 1.99. The second-order valence-electron chi connectivity index (χ2n) is 1.13. The van der Waals surface area contributed by atoms with Crippen molar-refractivity contribution < 1.29 is 10.1 Å². The minimum Gasteiger partial charge on any atom is -0.283 e. The normalized spacial score (nSPS) is 8.62. The van der Waals surface area contributed by atoms with Gasteiger partial charge in [0, 0.05) is 17.7 Å². The van der Waals surface area contributed by atoms with Gasteiger partial charge in [0.25, 0.3) is 5.88 Å². The van der Waals surface area contributed by atoms with Gasteiger partial charge in [-0.05, 0) is 0 Å². The highest BCUT2D eigenvalue weighted by Crippen LogP contribution is 1.96. The molecule has 0 aliphatic carbocycles. The Morgan fingerprint density at radius 3 is 2.75 bits per heavy atom. The number of hydrogen-bond donors (Lipinski definition) is 0. The van der Waals surface area contributed by atoms with E-state index in [-0.39, 0.29) is 5.88 Å². The molecule has 4 heteroatoms. The fourth-order valence-corrected chi connectivity index (χ4v) is 0.328. The third-order valence-electron chi connectivity index (χ3n) is 0.625. The summed E-state index contributed by atoms with van der Waals surface area (Å²) < 4.78 is 0. The molecule has 0 fully saturated rings. The zero-order valence-electron chi connectivity index (χ0n) is 3.94. The van der Waals surface area contributed by atoms with E-state index in [4.69, 9.17) is 0 Å². The maximum Gasteiger partial charge on any atom is 0.278 e. The Kier molecular flexibility index (Phi) is 1.39. The van der Waals surface area contributed by atoms with Gasteiger partial charge in [-0.1, -0.05) is 0 Å². The van der Waals surface area contributed by atoms with Crippen LogP contribution in [0.1, 0.15) is 0 Å². The highest BCUT2D eigenvalue weighted by molar-refractivity contribution is 4.99. The lowest BCUT2D eigenvalue weighted by Gasteiger charge is -1.85. The summed E-state index contributed by atoms with van der Waals surface area (Å²) >= 11 is 0. The molecule has 1 rings (SSSR count). The predicted molar refractivity (Wildman–Crippen MR) is 23.3 cm³/mol. The maximum atomic E-state index is 9.53. The molecule has 0 spiro atoms. The average molecular weight is 111 g/mol. The summed E-state index contributed by atoms with van der Waals surface area (Å²) in [7, 11) is 0. The molecule has 0 amide bonds. The van der Waals surface area contributed by atoms with Crippen LogP contribution in [0.3, 0.4) is 0 Å². The smallest absolute Gasteiger partial charge is 0.278 e. The summed E-state index contributed by atoms with van der Waals surface area (Å²) in [5.41, 5.74) is 0. The highest BCUT2D eigenvalue weighted by Gasteiger charge is 1.87. The molecular formula is C4H3N2O2. The van der Waals surface area contributed by atoms with Gasteiger partial charge in [0.2, 0.25) is 0 Å². The molecule has 0 aliphatic heterocycles. The lowest BCUT2D eigenvalue weighted by atomic mass is 10.7. The van der Waals surface area contributed by atoms with Crippen molar-refractivity contribution in [3.8, 4) is 5.88 Å². The van der Waals surface area contributed by atoms with Gasteiger partial charge in [-0.2, -0.15) is 0 Å². The van der Waals surface area contributed by atoms with Crippen LogP contribution in [0.5, 0.6) is 5.88 Å². The van der Waals surface area contributed by atoms with E-state index in [1.54, 1.807) is 0 Å². The molecule has 0 aliphatic rings. The average Bonchev–Trinajstić information content (AvgIpc) is 1.90. The number of aromatic nitrogens is 2. The summed E-state index contributed by atoms with van der Waals surface area (Å²) in [5, 5.41) is 9.53. The molecule has 0 unspecified atom stereocenters. The maximum absolute atomic E-state index is 9.53. The lowest BCUT2D eigenvalue weighted by Crippen LogP contribution is -1.84. The van der Waals surface area contributed by atoms with E-state index >= 15 is 0 Å². The number of rotatable bonds is 1. The van der Waals surface area contributed by atoms with Crippen molar-refractivity contribution in [2.75, 3.05) is 0 Å². The van der Waals surface area contributed by atoms with Crippen molar-refractivity contribution in [1.82, 2.24) is 9.97 Å². The third-order valence-corrected chi connectivity index (χ3v) is 0.625. The fraction of sp³-hybridized carbons (Fsp3) is 0. The van der Waals surface area contributed by atoms with Gasteiger partial charge in [-0.3, -0.25) is 9.87 Å². The summed E-state index contributed by atoms with van der Waals surface area (Å²) in [5.74, 6) is -0.00694. The van der Waals surface area contributed by atoms with Crippen LogP contribution < -0.4 is 4.89 Å². The molecule has 0 saturated heterocycles. The minimum atomic E-state index is -0.00694. The van der Waals surface area contributed by atoms with Crippen LogP contribution in [0.2, 0.25) is 0 Å². The quantitative estimate of drug-likeness (QED) is 0.384. The van der Waals surface area contributed by atoms with Crippen molar-refractivity contribution >= 4 is 0 Å². The Labute approximate surface area is 45.7 Å². The molecule has 0 aromatic carbocycles. The lowest BCUT2D eigenvalue weighted by molar-refractivity contribution is -0.212. The van der Waals surface area contributed by atoms with Crippen LogP contribution in [0.4, 0.5) is 0 Å². The molecule has 1 aromatic heterocycles. The molecule has 0 saturated carbocycles. The van der Waals surface area contributed by atoms with Crippen LogP contribution in [-0.4, -0.2) is 9.97 Å². The SMILES string of the molecule is [O]Oc1cnccn1. The Hall–Kier alpha value is -1.16. The first-order chi connectivity index (χ1) is 3.93. The first-order valence-corrected chi connectivity index (χ1v) is 1.99. The highest BCUT2D eigenvalue weighted by atomic mass is 17.1. The molecule has 0 atom stereocenters. The van der Waals surface area contributed by atoms with E-state index in [2.05, 4.69) is 14.9 Å². The minimum absolute atomic E-state index is 0.00694. The van der Waals surface area contributed by atoms with Crippen molar-refractivity contribution in [1.29, 1.82) is 0 Å². The molecule has 0 N–H and O–H groups in total. The van der Waals surface area contributed by atoms with Gasteiger partial charge >= 0.3 is 0 Å². The van der Waals surface area contributed by atoms with E-state index in [1.165, 1.54) is 18.6 Å². The van der Waals surface area contributed by atoms with Gasteiger partial charge in [-0.25, -0.2) is 4.98 Å². The van der Waals surface area contributed by atoms with Gasteiger partial charge < -0.3 is 0 Å². The van der Waals surface area contributed by atoms with Crippen LogP contribution in [-0.2, 0) is 5.26 Å².